The van der Waals surface area contributed by atoms with Crippen molar-refractivity contribution >= 4 is 22.5 Å². The Bertz CT molecular complexity index is 1410. The molecule has 1 amide bonds. The second-order valence-electron chi connectivity index (χ2n) is 7.19. The smallest absolute Gasteiger partial charge is 0.278 e. The first-order valence-electron chi connectivity index (χ1n) is 10.1. The Morgan fingerprint density at radius 3 is 2.59 bits per heavy atom. The van der Waals surface area contributed by atoms with Crippen molar-refractivity contribution < 1.29 is 13.7 Å². The van der Waals surface area contributed by atoms with Gasteiger partial charge in [0.15, 0.2) is 11.5 Å². The van der Waals surface area contributed by atoms with Crippen LogP contribution in [0.25, 0.3) is 27.9 Å². The zero-order valence-electron chi connectivity index (χ0n) is 17.1. The number of carbonyl (C=O) groups is 1. The van der Waals surface area contributed by atoms with Crippen molar-refractivity contribution in [3.8, 4) is 17.0 Å². The number of fused-ring (bicyclic) bond motifs is 1. The van der Waals surface area contributed by atoms with Gasteiger partial charge in [-0.3, -0.25) is 4.79 Å². The van der Waals surface area contributed by atoms with Crippen LogP contribution < -0.4 is 5.32 Å². The Kier molecular flexibility index (Phi) is 4.95. The number of anilines is 1. The third-order valence-corrected chi connectivity index (χ3v) is 5.16. The van der Waals surface area contributed by atoms with Crippen LogP contribution in [-0.2, 0) is 6.42 Å². The van der Waals surface area contributed by atoms with Crippen molar-refractivity contribution in [2.24, 2.45) is 0 Å². The predicted octanol–water partition coefficient (Wildman–Crippen LogP) is 5.03. The van der Waals surface area contributed by atoms with Gasteiger partial charge >= 0.3 is 0 Å². The van der Waals surface area contributed by atoms with Gasteiger partial charge in [0.2, 0.25) is 0 Å². The summed E-state index contributed by atoms with van der Waals surface area (Å²) in [5.41, 5.74) is 3.72. The van der Waals surface area contributed by atoms with Crippen LogP contribution >= 0.6 is 0 Å². The van der Waals surface area contributed by atoms with Gasteiger partial charge in [-0.15, -0.1) is 5.10 Å². The Labute approximate surface area is 182 Å². The van der Waals surface area contributed by atoms with Gasteiger partial charge in [0, 0.05) is 11.3 Å². The average Bonchev–Trinajstić information content (AvgIpc) is 3.45. The molecule has 32 heavy (non-hydrogen) atoms. The van der Waals surface area contributed by atoms with Crippen molar-refractivity contribution in [1.29, 1.82) is 0 Å². The van der Waals surface area contributed by atoms with Gasteiger partial charge in [-0.1, -0.05) is 47.6 Å². The van der Waals surface area contributed by atoms with Gasteiger partial charge in [0.25, 0.3) is 5.91 Å². The lowest BCUT2D eigenvalue weighted by atomic mass is 10.1. The number of hydrogen-bond acceptors (Lipinski definition) is 5. The lowest BCUT2D eigenvalue weighted by Gasteiger charge is -2.07. The fraction of sp³-hybridized carbons (Fsp3) is 0.0833. The largest absolute Gasteiger partial charge is 0.355 e. The molecule has 0 saturated heterocycles. The zero-order valence-corrected chi connectivity index (χ0v) is 17.1. The molecule has 0 bridgehead atoms. The summed E-state index contributed by atoms with van der Waals surface area (Å²) in [5, 5.41) is 16.1. The van der Waals surface area contributed by atoms with E-state index in [9.17, 15) is 9.18 Å². The fourth-order valence-electron chi connectivity index (χ4n) is 3.59. The van der Waals surface area contributed by atoms with E-state index in [-0.39, 0.29) is 11.5 Å². The highest BCUT2D eigenvalue weighted by molar-refractivity contribution is 6.03. The van der Waals surface area contributed by atoms with Crippen molar-refractivity contribution in [3.05, 3.63) is 90.0 Å². The molecule has 8 heteroatoms. The normalized spacial score (nSPS) is 11.1. The number of nitrogens with zero attached hydrogens (tertiary/aromatic N) is 4. The Morgan fingerprint density at radius 1 is 1.06 bits per heavy atom. The van der Waals surface area contributed by atoms with Gasteiger partial charge in [-0.05, 0) is 48.9 Å². The molecule has 1 N–H and O–H groups in total. The second-order valence-corrected chi connectivity index (χ2v) is 7.19. The van der Waals surface area contributed by atoms with E-state index >= 15 is 0 Å². The topological polar surface area (TPSA) is 85.8 Å². The number of rotatable bonds is 5. The molecule has 0 unspecified atom stereocenters. The summed E-state index contributed by atoms with van der Waals surface area (Å²) in [6.45, 7) is 1.93. The zero-order chi connectivity index (χ0) is 22.1. The molecule has 5 aromatic rings. The van der Waals surface area contributed by atoms with Crippen LogP contribution in [0.5, 0.6) is 0 Å². The molecule has 158 valence electrons. The van der Waals surface area contributed by atoms with E-state index < -0.39 is 5.91 Å². The number of carbonyl (C=O) groups excluding carboxylic acids is 1. The molecule has 2 aromatic heterocycles. The fourth-order valence-corrected chi connectivity index (χ4v) is 3.59. The molecule has 0 aliphatic heterocycles. The van der Waals surface area contributed by atoms with E-state index in [0.717, 1.165) is 22.2 Å². The Morgan fingerprint density at radius 2 is 1.84 bits per heavy atom. The van der Waals surface area contributed by atoms with E-state index in [1.807, 2.05) is 55.5 Å². The first kappa shape index (κ1) is 19.6. The first-order chi connectivity index (χ1) is 15.6. The molecular formula is C24H18FN5O2. The van der Waals surface area contributed by atoms with Crippen molar-refractivity contribution in [3.63, 3.8) is 0 Å². The summed E-state index contributed by atoms with van der Waals surface area (Å²) < 4.78 is 20.4. The second kappa shape index (κ2) is 8.07. The van der Waals surface area contributed by atoms with E-state index in [1.165, 1.54) is 24.3 Å². The number of nitrogens with one attached hydrogen (secondary N) is 1. The average molecular weight is 427 g/mol. The number of halogens is 1. The van der Waals surface area contributed by atoms with Gasteiger partial charge in [0.05, 0.1) is 16.8 Å². The summed E-state index contributed by atoms with van der Waals surface area (Å²) in [7, 11) is 0. The highest BCUT2D eigenvalue weighted by Gasteiger charge is 2.20. The SMILES string of the molecule is CCc1c(C(=O)Nc2ccc(F)cc2)nnn1-c1ccc2noc(-c3ccccc3)c2c1. The molecule has 0 fully saturated rings. The summed E-state index contributed by atoms with van der Waals surface area (Å²) in [4.78, 5) is 12.8. The highest BCUT2D eigenvalue weighted by Crippen LogP contribution is 2.30. The molecule has 7 nitrogen and oxygen atoms in total. The molecule has 0 spiro atoms. The molecule has 0 atom stereocenters. The summed E-state index contributed by atoms with van der Waals surface area (Å²) in [6.07, 6.45) is 0.534. The third kappa shape index (κ3) is 3.51. The van der Waals surface area contributed by atoms with E-state index in [0.29, 0.717) is 23.6 Å². The van der Waals surface area contributed by atoms with Gasteiger partial charge < -0.3 is 9.84 Å². The molecule has 3 aromatic carbocycles. The first-order valence-corrected chi connectivity index (χ1v) is 10.1. The minimum Gasteiger partial charge on any atom is -0.355 e. The lowest BCUT2D eigenvalue weighted by molar-refractivity contribution is 0.102. The van der Waals surface area contributed by atoms with Crippen LogP contribution in [0.4, 0.5) is 10.1 Å². The molecular weight excluding hydrogens is 409 g/mol. The number of hydrogen-bond donors (Lipinski definition) is 1. The minimum atomic E-state index is -0.407. The molecule has 0 saturated carbocycles. The van der Waals surface area contributed by atoms with Gasteiger partial charge in [-0.25, -0.2) is 9.07 Å². The maximum atomic E-state index is 13.1. The van der Waals surface area contributed by atoms with Crippen molar-refractivity contribution in [2.75, 3.05) is 5.32 Å². The number of benzene rings is 3. The quantitative estimate of drug-likeness (QED) is 0.425. The molecule has 5 rings (SSSR count). The van der Waals surface area contributed by atoms with Crippen LogP contribution in [0.15, 0.2) is 77.3 Å². The predicted molar refractivity (Wildman–Crippen MR) is 118 cm³/mol. The van der Waals surface area contributed by atoms with Crippen LogP contribution in [0.3, 0.4) is 0 Å². The Balaban J connectivity index is 1.52. The number of amides is 1. The highest BCUT2D eigenvalue weighted by atomic mass is 19.1. The molecule has 2 heterocycles. The summed E-state index contributed by atoms with van der Waals surface area (Å²) in [5.74, 6) is -0.118. The standard InChI is InChI=1S/C24H18FN5O2/c1-2-21-22(24(31)26-17-10-8-16(25)9-11-17)27-29-30(21)18-12-13-20-19(14-18)23(32-28-20)15-6-4-3-5-7-15/h3-14H,2H2,1H3,(H,26,31). The Hall–Kier alpha value is -4.33. The third-order valence-electron chi connectivity index (χ3n) is 5.16. The monoisotopic (exact) mass is 427 g/mol. The van der Waals surface area contributed by atoms with E-state index in [1.54, 1.807) is 4.68 Å². The minimum absolute atomic E-state index is 0.213. The van der Waals surface area contributed by atoms with Gasteiger partial charge in [-0.2, -0.15) is 0 Å². The van der Waals surface area contributed by atoms with Crippen LogP contribution in [0.1, 0.15) is 23.1 Å². The van der Waals surface area contributed by atoms with Crippen LogP contribution in [-0.4, -0.2) is 26.1 Å². The summed E-state index contributed by atoms with van der Waals surface area (Å²) in [6, 6.07) is 20.9. The van der Waals surface area contributed by atoms with E-state index in [4.69, 9.17) is 4.52 Å². The molecule has 0 aliphatic rings. The van der Waals surface area contributed by atoms with Crippen LogP contribution in [0, 0.1) is 5.82 Å². The molecule has 0 radical (unpaired) electrons. The van der Waals surface area contributed by atoms with Gasteiger partial charge in [0.1, 0.15) is 11.3 Å². The molecule has 0 aliphatic carbocycles. The van der Waals surface area contributed by atoms with Crippen molar-refractivity contribution in [2.45, 2.75) is 13.3 Å². The maximum Gasteiger partial charge on any atom is 0.278 e. The van der Waals surface area contributed by atoms with Crippen LogP contribution in [0.2, 0.25) is 0 Å². The van der Waals surface area contributed by atoms with E-state index in [2.05, 4.69) is 20.8 Å². The summed E-state index contributed by atoms with van der Waals surface area (Å²) >= 11 is 0. The number of aromatic nitrogens is 4. The maximum absolute atomic E-state index is 13.1. The lowest BCUT2D eigenvalue weighted by Crippen LogP contribution is -2.15. The van der Waals surface area contributed by atoms with Crippen molar-refractivity contribution in [1.82, 2.24) is 20.2 Å².